The molecule has 1 aromatic rings. The highest BCUT2D eigenvalue weighted by Gasteiger charge is 2.42. The van der Waals surface area contributed by atoms with Crippen LogP contribution in [0.2, 0.25) is 0 Å². The first-order valence-electron chi connectivity index (χ1n) is 6.44. The molecule has 1 saturated carbocycles. The van der Waals surface area contributed by atoms with Gasteiger partial charge >= 0.3 is 0 Å². The molecule has 1 aliphatic rings. The van der Waals surface area contributed by atoms with Crippen molar-refractivity contribution in [2.75, 3.05) is 0 Å². The van der Waals surface area contributed by atoms with Crippen molar-refractivity contribution in [3.8, 4) is 5.75 Å². The highest BCUT2D eigenvalue weighted by Crippen LogP contribution is 2.50. The van der Waals surface area contributed by atoms with E-state index in [0.717, 1.165) is 36.0 Å². The molecule has 0 saturated heterocycles. The summed E-state index contributed by atoms with van der Waals surface area (Å²) < 4.78 is 0. The molecule has 0 bridgehead atoms. The minimum Gasteiger partial charge on any atom is -0.507 e. The van der Waals surface area contributed by atoms with Gasteiger partial charge in [0.1, 0.15) is 11.3 Å². The molecular weight excluding hydrogens is 226 g/mol. The Balaban J connectivity index is 2.62. The molecule has 0 heterocycles. The number of hydrogen-bond donors (Lipinski definition) is 1. The number of phenols is 1. The predicted octanol–water partition coefficient (Wildman–Crippen LogP) is 3.54. The Morgan fingerprint density at radius 2 is 2.06 bits per heavy atom. The van der Waals surface area contributed by atoms with E-state index in [2.05, 4.69) is 4.99 Å². The lowest BCUT2D eigenvalue weighted by Crippen LogP contribution is -2.33. The normalized spacial score (nSPS) is 17.1. The van der Waals surface area contributed by atoms with Crippen LogP contribution in [0.3, 0.4) is 0 Å². The van der Waals surface area contributed by atoms with E-state index in [1.807, 2.05) is 32.9 Å². The van der Waals surface area contributed by atoms with Gasteiger partial charge in [-0.05, 0) is 43.2 Å². The van der Waals surface area contributed by atoms with E-state index in [1.54, 1.807) is 6.08 Å². The molecule has 3 heteroatoms. The molecule has 2 rings (SSSR count). The number of isocyanates is 1. The predicted molar refractivity (Wildman–Crippen MR) is 70.6 cm³/mol. The zero-order valence-electron chi connectivity index (χ0n) is 11.2. The lowest BCUT2D eigenvalue weighted by molar-refractivity contribution is 0.246. The Labute approximate surface area is 108 Å². The van der Waals surface area contributed by atoms with Crippen molar-refractivity contribution >= 4 is 6.08 Å². The first-order valence-corrected chi connectivity index (χ1v) is 6.44. The molecule has 0 atom stereocenters. The van der Waals surface area contributed by atoms with Crippen molar-refractivity contribution in [2.45, 2.75) is 51.5 Å². The number of aliphatic imine (C=N–C) groups is 1. The molecule has 1 fully saturated rings. The van der Waals surface area contributed by atoms with E-state index in [9.17, 15) is 9.90 Å². The molecule has 3 nitrogen and oxygen atoms in total. The first kappa shape index (κ1) is 12.8. The average molecular weight is 245 g/mol. The molecule has 1 aliphatic carbocycles. The van der Waals surface area contributed by atoms with E-state index in [1.165, 1.54) is 0 Å². The van der Waals surface area contributed by atoms with Crippen LogP contribution in [0.25, 0.3) is 0 Å². The maximum absolute atomic E-state index is 10.7. The van der Waals surface area contributed by atoms with Crippen molar-refractivity contribution in [1.29, 1.82) is 0 Å². The largest absolute Gasteiger partial charge is 0.507 e. The van der Waals surface area contributed by atoms with Gasteiger partial charge in [-0.15, -0.1) is 0 Å². The molecule has 0 radical (unpaired) electrons. The number of nitrogens with zero attached hydrogens (tertiary/aromatic N) is 1. The Kier molecular flexibility index (Phi) is 3.27. The van der Waals surface area contributed by atoms with Crippen molar-refractivity contribution in [3.05, 3.63) is 28.8 Å². The van der Waals surface area contributed by atoms with Gasteiger partial charge in [-0.2, -0.15) is 4.99 Å². The van der Waals surface area contributed by atoms with Crippen molar-refractivity contribution in [3.63, 3.8) is 0 Å². The van der Waals surface area contributed by atoms with E-state index in [-0.39, 0.29) is 5.92 Å². The third kappa shape index (κ3) is 1.85. The molecule has 0 aromatic heterocycles. The highest BCUT2D eigenvalue weighted by molar-refractivity contribution is 5.53. The number of carbonyl (C=O) groups excluding carboxylic acids is 1. The number of aromatic hydroxyl groups is 1. The summed E-state index contributed by atoms with van der Waals surface area (Å²) in [5, 5.41) is 10.5. The van der Waals surface area contributed by atoms with Crippen LogP contribution in [-0.4, -0.2) is 11.2 Å². The fraction of sp³-hybridized carbons (Fsp3) is 0.533. The Hall–Kier alpha value is -1.60. The lowest BCUT2D eigenvalue weighted by atomic mass is 9.70. The third-order valence-electron chi connectivity index (χ3n) is 3.95. The summed E-state index contributed by atoms with van der Waals surface area (Å²) in [5.74, 6) is 0.561. The first-order chi connectivity index (χ1) is 8.52. The SMILES string of the molecule is Cc1ccc(C(C)C)c(O)c1C1(N=C=O)CCC1. The molecule has 1 aromatic carbocycles. The van der Waals surface area contributed by atoms with Crippen LogP contribution in [-0.2, 0) is 10.3 Å². The van der Waals surface area contributed by atoms with Gasteiger partial charge in [0.25, 0.3) is 0 Å². The van der Waals surface area contributed by atoms with Gasteiger partial charge in [0.2, 0.25) is 6.08 Å². The molecule has 1 N–H and O–H groups in total. The maximum Gasteiger partial charge on any atom is 0.235 e. The zero-order valence-corrected chi connectivity index (χ0v) is 11.2. The monoisotopic (exact) mass is 245 g/mol. The van der Waals surface area contributed by atoms with E-state index in [0.29, 0.717) is 5.75 Å². The lowest BCUT2D eigenvalue weighted by Gasteiger charge is -2.39. The standard InChI is InChI=1S/C15H19NO2/c1-10(2)12-6-5-11(3)13(14(12)18)15(16-9-17)7-4-8-15/h5-6,10,18H,4,7-8H2,1-3H3. The van der Waals surface area contributed by atoms with Crippen LogP contribution in [0, 0.1) is 6.92 Å². The Bertz CT molecular complexity index is 509. The van der Waals surface area contributed by atoms with Crippen LogP contribution >= 0.6 is 0 Å². The van der Waals surface area contributed by atoms with Gasteiger partial charge in [0.05, 0.1) is 0 Å². The fourth-order valence-electron chi connectivity index (χ4n) is 2.78. The molecule has 0 amide bonds. The Morgan fingerprint density at radius 1 is 1.39 bits per heavy atom. The summed E-state index contributed by atoms with van der Waals surface area (Å²) >= 11 is 0. The quantitative estimate of drug-likeness (QED) is 0.654. The average Bonchev–Trinajstić information content (AvgIpc) is 2.24. The van der Waals surface area contributed by atoms with E-state index >= 15 is 0 Å². The smallest absolute Gasteiger partial charge is 0.235 e. The summed E-state index contributed by atoms with van der Waals surface area (Å²) in [6, 6.07) is 3.96. The molecular formula is C15H19NO2. The number of hydrogen-bond acceptors (Lipinski definition) is 3. The van der Waals surface area contributed by atoms with Gasteiger partial charge in [-0.3, -0.25) is 0 Å². The van der Waals surface area contributed by atoms with Gasteiger partial charge in [-0.25, -0.2) is 4.79 Å². The molecule has 0 aliphatic heterocycles. The van der Waals surface area contributed by atoms with Gasteiger partial charge in [0, 0.05) is 5.56 Å². The third-order valence-corrected chi connectivity index (χ3v) is 3.95. The van der Waals surface area contributed by atoms with Crippen LogP contribution in [0.5, 0.6) is 5.75 Å². The Morgan fingerprint density at radius 3 is 2.50 bits per heavy atom. The number of benzene rings is 1. The highest BCUT2D eigenvalue weighted by atomic mass is 16.3. The summed E-state index contributed by atoms with van der Waals surface area (Å²) in [6.45, 7) is 6.05. The summed E-state index contributed by atoms with van der Waals surface area (Å²) in [7, 11) is 0. The summed E-state index contributed by atoms with van der Waals surface area (Å²) in [6.07, 6.45) is 4.35. The molecule has 0 unspecified atom stereocenters. The molecule has 96 valence electrons. The van der Waals surface area contributed by atoms with Crippen LogP contribution in [0.1, 0.15) is 55.7 Å². The minimum atomic E-state index is -0.527. The maximum atomic E-state index is 10.7. The number of phenolic OH excluding ortho intramolecular Hbond substituents is 1. The molecule has 0 spiro atoms. The number of aryl methyl sites for hydroxylation is 1. The van der Waals surface area contributed by atoms with Crippen LogP contribution in [0.4, 0.5) is 0 Å². The second-order valence-corrected chi connectivity index (χ2v) is 5.44. The van der Waals surface area contributed by atoms with Gasteiger partial charge in [-0.1, -0.05) is 26.0 Å². The fourth-order valence-corrected chi connectivity index (χ4v) is 2.78. The van der Waals surface area contributed by atoms with Gasteiger partial charge in [0.15, 0.2) is 0 Å². The molecule has 18 heavy (non-hydrogen) atoms. The zero-order chi connectivity index (χ0) is 13.3. The second-order valence-electron chi connectivity index (χ2n) is 5.44. The van der Waals surface area contributed by atoms with E-state index < -0.39 is 5.54 Å². The van der Waals surface area contributed by atoms with Crippen molar-refractivity contribution < 1.29 is 9.90 Å². The van der Waals surface area contributed by atoms with Crippen molar-refractivity contribution in [2.24, 2.45) is 4.99 Å². The van der Waals surface area contributed by atoms with E-state index in [4.69, 9.17) is 0 Å². The van der Waals surface area contributed by atoms with Crippen molar-refractivity contribution in [1.82, 2.24) is 0 Å². The summed E-state index contributed by atoms with van der Waals surface area (Å²) in [5.41, 5.74) is 2.21. The second kappa shape index (κ2) is 4.58. The van der Waals surface area contributed by atoms with Crippen LogP contribution in [0.15, 0.2) is 17.1 Å². The van der Waals surface area contributed by atoms with Crippen LogP contribution < -0.4 is 0 Å². The minimum absolute atomic E-state index is 0.252. The topological polar surface area (TPSA) is 49.7 Å². The van der Waals surface area contributed by atoms with Gasteiger partial charge < -0.3 is 5.11 Å². The summed E-state index contributed by atoms with van der Waals surface area (Å²) in [4.78, 5) is 14.6. The number of rotatable bonds is 3.